The molecule has 0 aliphatic heterocycles. The van der Waals surface area contributed by atoms with Crippen LogP contribution in [0, 0.1) is 5.82 Å². The first kappa shape index (κ1) is 21.9. The molecule has 1 unspecified atom stereocenters. The van der Waals surface area contributed by atoms with Crippen molar-refractivity contribution in [3.05, 3.63) is 65.5 Å². The molecule has 0 aliphatic carbocycles. The number of hydrogen-bond donors (Lipinski definition) is 0. The fourth-order valence-electron chi connectivity index (χ4n) is 3.22. The molecular formula is C23H30FNO3. The normalized spacial score (nSPS) is 12.0. The van der Waals surface area contributed by atoms with Crippen molar-refractivity contribution in [2.75, 3.05) is 26.8 Å². The first-order valence-electron chi connectivity index (χ1n) is 9.82. The van der Waals surface area contributed by atoms with E-state index in [0.717, 1.165) is 36.4 Å². The molecule has 2 aromatic carbocycles. The van der Waals surface area contributed by atoms with Crippen molar-refractivity contribution in [3.63, 3.8) is 0 Å². The molecule has 0 fully saturated rings. The molecule has 0 saturated carbocycles. The molecule has 0 N–H and O–H groups in total. The van der Waals surface area contributed by atoms with Gasteiger partial charge < -0.3 is 9.47 Å². The summed E-state index contributed by atoms with van der Waals surface area (Å²) in [6, 6.07) is 14.7. The molecule has 0 saturated heterocycles. The number of ether oxygens (including phenoxy) is 2. The Morgan fingerprint density at radius 1 is 1.07 bits per heavy atom. The predicted octanol–water partition coefficient (Wildman–Crippen LogP) is 4.78. The third-order valence-electron chi connectivity index (χ3n) is 4.82. The van der Waals surface area contributed by atoms with Crippen LogP contribution in [0.2, 0.25) is 0 Å². The molecule has 4 nitrogen and oxygen atoms in total. The van der Waals surface area contributed by atoms with Crippen LogP contribution in [-0.4, -0.2) is 37.7 Å². The van der Waals surface area contributed by atoms with Gasteiger partial charge in [-0.2, -0.15) is 0 Å². The number of benzene rings is 2. The topological polar surface area (TPSA) is 38.8 Å². The van der Waals surface area contributed by atoms with Gasteiger partial charge >= 0.3 is 5.97 Å². The van der Waals surface area contributed by atoms with E-state index in [1.807, 2.05) is 43.3 Å². The Bertz CT molecular complexity index is 716. The molecular weight excluding hydrogens is 357 g/mol. The number of methoxy groups -OCH3 is 1. The quantitative estimate of drug-likeness (QED) is 0.520. The fourth-order valence-corrected chi connectivity index (χ4v) is 3.22. The number of hydrogen-bond acceptors (Lipinski definition) is 4. The Balaban J connectivity index is 2.10. The lowest BCUT2D eigenvalue weighted by Gasteiger charge is -2.27. The molecule has 28 heavy (non-hydrogen) atoms. The van der Waals surface area contributed by atoms with E-state index in [0.29, 0.717) is 19.6 Å². The van der Waals surface area contributed by atoms with Gasteiger partial charge in [-0.3, -0.25) is 9.69 Å². The summed E-state index contributed by atoms with van der Waals surface area (Å²) in [5.74, 6) is 0.675. The summed E-state index contributed by atoms with van der Waals surface area (Å²) in [6.45, 7) is 6.46. The smallest absolute Gasteiger partial charge is 0.307 e. The largest absolute Gasteiger partial charge is 0.497 e. The molecule has 0 aliphatic rings. The number of carbonyl (C=O) groups is 1. The summed E-state index contributed by atoms with van der Waals surface area (Å²) in [5, 5.41) is 0. The van der Waals surface area contributed by atoms with Crippen molar-refractivity contribution in [2.24, 2.45) is 0 Å². The van der Waals surface area contributed by atoms with Gasteiger partial charge in [-0.05, 0) is 54.7 Å². The monoisotopic (exact) mass is 387 g/mol. The van der Waals surface area contributed by atoms with Gasteiger partial charge in [-0.25, -0.2) is 4.39 Å². The maximum Gasteiger partial charge on any atom is 0.307 e. The van der Waals surface area contributed by atoms with Crippen LogP contribution in [0.4, 0.5) is 4.39 Å². The van der Waals surface area contributed by atoms with E-state index < -0.39 is 0 Å². The second kappa shape index (κ2) is 11.4. The highest BCUT2D eigenvalue weighted by Gasteiger charge is 2.17. The minimum Gasteiger partial charge on any atom is -0.497 e. The van der Waals surface area contributed by atoms with Gasteiger partial charge in [0.2, 0.25) is 0 Å². The van der Waals surface area contributed by atoms with Gasteiger partial charge in [0.05, 0.1) is 20.1 Å². The number of carbonyl (C=O) groups excluding carboxylic acids is 1. The third kappa shape index (κ3) is 6.97. The summed E-state index contributed by atoms with van der Waals surface area (Å²) < 4.78 is 23.6. The molecule has 1 atom stereocenters. The zero-order valence-electron chi connectivity index (χ0n) is 17.0. The van der Waals surface area contributed by atoms with Gasteiger partial charge in [-0.1, -0.05) is 31.2 Å². The first-order chi connectivity index (χ1) is 13.5. The maximum absolute atomic E-state index is 13.3. The van der Waals surface area contributed by atoms with Crippen LogP contribution in [0.3, 0.4) is 0 Å². The van der Waals surface area contributed by atoms with E-state index in [4.69, 9.17) is 9.47 Å². The van der Waals surface area contributed by atoms with Crippen molar-refractivity contribution < 1.29 is 18.7 Å². The Morgan fingerprint density at radius 3 is 2.32 bits per heavy atom. The van der Waals surface area contributed by atoms with E-state index in [9.17, 15) is 9.18 Å². The summed E-state index contributed by atoms with van der Waals surface area (Å²) in [4.78, 5) is 14.1. The van der Waals surface area contributed by atoms with Crippen LogP contribution < -0.4 is 4.74 Å². The second-order valence-electron chi connectivity index (χ2n) is 6.79. The van der Waals surface area contributed by atoms with Crippen LogP contribution in [0.1, 0.15) is 43.7 Å². The standard InChI is InChI=1S/C23H30FNO3/c1-4-19(20-8-10-21(24)11-9-20)17-25(15-14-23(26)28-5-2)16-18-6-12-22(27-3)13-7-18/h6-13,19H,4-5,14-17H2,1-3H3. The molecule has 0 amide bonds. The minimum absolute atomic E-state index is 0.183. The van der Waals surface area contributed by atoms with Crippen LogP contribution in [0.25, 0.3) is 0 Å². The zero-order valence-corrected chi connectivity index (χ0v) is 17.0. The second-order valence-corrected chi connectivity index (χ2v) is 6.79. The molecule has 0 aromatic heterocycles. The van der Waals surface area contributed by atoms with Gasteiger partial charge in [0.25, 0.3) is 0 Å². The molecule has 2 rings (SSSR count). The Kier molecular flexibility index (Phi) is 8.95. The Hall–Kier alpha value is -2.40. The number of esters is 1. The Morgan fingerprint density at radius 2 is 1.75 bits per heavy atom. The zero-order chi connectivity index (χ0) is 20.4. The molecule has 0 radical (unpaired) electrons. The lowest BCUT2D eigenvalue weighted by atomic mass is 9.95. The highest BCUT2D eigenvalue weighted by Crippen LogP contribution is 2.23. The van der Waals surface area contributed by atoms with E-state index in [1.54, 1.807) is 7.11 Å². The number of halogens is 1. The molecule has 2 aromatic rings. The molecule has 152 valence electrons. The molecule has 0 heterocycles. The molecule has 5 heteroatoms. The minimum atomic E-state index is -0.226. The van der Waals surface area contributed by atoms with E-state index in [2.05, 4.69) is 11.8 Å². The van der Waals surface area contributed by atoms with Gasteiger partial charge in [0.1, 0.15) is 11.6 Å². The van der Waals surface area contributed by atoms with Crippen molar-refractivity contribution in [2.45, 2.75) is 39.2 Å². The highest BCUT2D eigenvalue weighted by molar-refractivity contribution is 5.69. The molecule has 0 spiro atoms. The summed E-state index contributed by atoms with van der Waals surface area (Å²) in [6.07, 6.45) is 1.29. The molecule has 0 bridgehead atoms. The van der Waals surface area contributed by atoms with E-state index >= 15 is 0 Å². The average molecular weight is 387 g/mol. The number of rotatable bonds is 11. The van der Waals surface area contributed by atoms with Crippen molar-refractivity contribution in [3.8, 4) is 5.75 Å². The lowest BCUT2D eigenvalue weighted by molar-refractivity contribution is -0.143. The van der Waals surface area contributed by atoms with Crippen LogP contribution >= 0.6 is 0 Å². The van der Waals surface area contributed by atoms with Crippen LogP contribution in [-0.2, 0) is 16.1 Å². The maximum atomic E-state index is 13.3. The first-order valence-corrected chi connectivity index (χ1v) is 9.82. The summed E-state index contributed by atoms with van der Waals surface area (Å²) >= 11 is 0. The summed E-state index contributed by atoms with van der Waals surface area (Å²) in [5.41, 5.74) is 2.26. The fraction of sp³-hybridized carbons (Fsp3) is 0.435. The van der Waals surface area contributed by atoms with E-state index in [1.165, 1.54) is 12.1 Å². The lowest BCUT2D eigenvalue weighted by Crippen LogP contribution is -2.31. The van der Waals surface area contributed by atoms with Crippen LogP contribution in [0.15, 0.2) is 48.5 Å². The summed E-state index contributed by atoms with van der Waals surface area (Å²) in [7, 11) is 1.65. The van der Waals surface area contributed by atoms with Crippen molar-refractivity contribution in [1.29, 1.82) is 0 Å². The van der Waals surface area contributed by atoms with Gasteiger partial charge in [0.15, 0.2) is 0 Å². The van der Waals surface area contributed by atoms with Gasteiger partial charge in [0, 0.05) is 19.6 Å². The highest BCUT2D eigenvalue weighted by atomic mass is 19.1. The van der Waals surface area contributed by atoms with Crippen molar-refractivity contribution in [1.82, 2.24) is 4.90 Å². The SMILES string of the molecule is CCOC(=O)CCN(Cc1ccc(OC)cc1)CC(CC)c1ccc(F)cc1. The van der Waals surface area contributed by atoms with E-state index in [-0.39, 0.29) is 17.7 Å². The van der Waals surface area contributed by atoms with Crippen molar-refractivity contribution >= 4 is 5.97 Å². The Labute approximate surface area is 167 Å². The predicted molar refractivity (Wildman–Crippen MR) is 109 cm³/mol. The average Bonchev–Trinajstić information content (AvgIpc) is 2.71. The van der Waals surface area contributed by atoms with Crippen LogP contribution in [0.5, 0.6) is 5.75 Å². The third-order valence-corrected chi connectivity index (χ3v) is 4.82. The van der Waals surface area contributed by atoms with Gasteiger partial charge in [-0.15, -0.1) is 0 Å². The number of nitrogens with zero attached hydrogens (tertiary/aromatic N) is 1.